The monoisotopic (exact) mass is 399 g/mol. The predicted molar refractivity (Wildman–Crippen MR) is 117 cm³/mol. The van der Waals surface area contributed by atoms with Crippen LogP contribution in [0.5, 0.6) is 0 Å². The van der Waals surface area contributed by atoms with Crippen molar-refractivity contribution in [1.29, 1.82) is 0 Å². The van der Waals surface area contributed by atoms with Crippen LogP contribution in [0.25, 0.3) is 0 Å². The number of anilines is 1. The van der Waals surface area contributed by atoms with Crippen molar-refractivity contribution >= 4 is 23.2 Å². The van der Waals surface area contributed by atoms with Gasteiger partial charge in [0.15, 0.2) is 0 Å². The van der Waals surface area contributed by atoms with Crippen LogP contribution < -0.4 is 10.2 Å². The highest BCUT2D eigenvalue weighted by Gasteiger charge is 2.24. The maximum atomic E-state index is 12.5. The Morgan fingerprint density at radius 1 is 1.11 bits per heavy atom. The number of halogens is 1. The Bertz CT molecular complexity index is 745. The fourth-order valence-corrected chi connectivity index (χ4v) is 3.90. The lowest BCUT2D eigenvalue weighted by molar-refractivity contribution is -0.126. The Balaban J connectivity index is 1.33. The molecule has 1 aliphatic heterocycles. The Morgan fingerprint density at radius 3 is 2.50 bits per heavy atom. The van der Waals surface area contributed by atoms with Gasteiger partial charge >= 0.3 is 0 Å². The fraction of sp³-hybridized carbons (Fsp3) is 0.435. The fourth-order valence-electron chi connectivity index (χ4n) is 3.70. The molecule has 0 atom stereocenters. The first-order chi connectivity index (χ1) is 13.6. The van der Waals surface area contributed by atoms with Gasteiger partial charge in [-0.1, -0.05) is 48.0 Å². The highest BCUT2D eigenvalue weighted by atomic mass is 35.5. The number of rotatable bonds is 8. The van der Waals surface area contributed by atoms with Crippen molar-refractivity contribution in [1.82, 2.24) is 10.2 Å². The Hall–Kier alpha value is -2.04. The third-order valence-corrected chi connectivity index (χ3v) is 5.85. The molecule has 1 fully saturated rings. The maximum Gasteiger partial charge on any atom is 0.223 e. The van der Waals surface area contributed by atoms with E-state index in [0.717, 1.165) is 62.6 Å². The smallest absolute Gasteiger partial charge is 0.223 e. The van der Waals surface area contributed by atoms with E-state index in [2.05, 4.69) is 40.4 Å². The molecule has 0 aromatic heterocycles. The minimum absolute atomic E-state index is 0.134. The highest BCUT2D eigenvalue weighted by Crippen LogP contribution is 2.22. The molecular weight excluding hydrogens is 370 g/mol. The standard InChI is InChI=1S/C23H30ClN3O/c1-26(21-9-3-2-4-10-21)15-7-14-25-23(28)19-12-16-27(17-13-19)18-20-8-5-6-11-22(20)24/h2-6,8-11,19H,7,12-18H2,1H3,(H,25,28). The van der Waals surface area contributed by atoms with Crippen LogP contribution in [0.3, 0.4) is 0 Å². The average Bonchev–Trinajstić information content (AvgIpc) is 2.73. The number of piperidine rings is 1. The van der Waals surface area contributed by atoms with Crippen LogP contribution >= 0.6 is 11.6 Å². The van der Waals surface area contributed by atoms with Gasteiger partial charge in [0.05, 0.1) is 0 Å². The maximum absolute atomic E-state index is 12.5. The SMILES string of the molecule is CN(CCCNC(=O)C1CCN(Cc2ccccc2Cl)CC1)c1ccccc1. The van der Waals surface area contributed by atoms with Crippen LogP contribution in [0.15, 0.2) is 54.6 Å². The van der Waals surface area contributed by atoms with Gasteiger partial charge in [0.25, 0.3) is 0 Å². The highest BCUT2D eigenvalue weighted by molar-refractivity contribution is 6.31. The topological polar surface area (TPSA) is 35.6 Å². The molecule has 1 N–H and O–H groups in total. The number of carbonyl (C=O) groups excluding carboxylic acids is 1. The summed E-state index contributed by atoms with van der Waals surface area (Å²) in [5.74, 6) is 0.342. The van der Waals surface area contributed by atoms with Crippen LogP contribution in [0.2, 0.25) is 5.02 Å². The number of benzene rings is 2. The van der Waals surface area contributed by atoms with E-state index in [-0.39, 0.29) is 11.8 Å². The van der Waals surface area contributed by atoms with E-state index in [9.17, 15) is 4.79 Å². The van der Waals surface area contributed by atoms with E-state index in [1.165, 1.54) is 5.69 Å². The Morgan fingerprint density at radius 2 is 1.79 bits per heavy atom. The summed E-state index contributed by atoms with van der Waals surface area (Å²) in [6, 6.07) is 18.3. The van der Waals surface area contributed by atoms with Crippen LogP contribution in [0.1, 0.15) is 24.8 Å². The van der Waals surface area contributed by atoms with Crippen molar-refractivity contribution in [3.63, 3.8) is 0 Å². The summed E-state index contributed by atoms with van der Waals surface area (Å²) in [5.41, 5.74) is 2.37. The van der Waals surface area contributed by atoms with Crippen molar-refractivity contribution in [2.45, 2.75) is 25.8 Å². The molecule has 0 bridgehead atoms. The molecule has 28 heavy (non-hydrogen) atoms. The first-order valence-electron chi connectivity index (χ1n) is 10.1. The first kappa shape index (κ1) is 20.7. The van der Waals surface area contributed by atoms with E-state index in [4.69, 9.17) is 11.6 Å². The van der Waals surface area contributed by atoms with Crippen molar-refractivity contribution in [3.05, 3.63) is 65.2 Å². The molecule has 0 aliphatic carbocycles. The molecule has 1 aliphatic rings. The zero-order valence-electron chi connectivity index (χ0n) is 16.6. The normalized spacial score (nSPS) is 15.4. The second-order valence-electron chi connectivity index (χ2n) is 7.54. The van der Waals surface area contributed by atoms with Gasteiger partial charge in [-0.2, -0.15) is 0 Å². The molecule has 4 nitrogen and oxygen atoms in total. The van der Waals surface area contributed by atoms with E-state index in [1.54, 1.807) is 0 Å². The lowest BCUT2D eigenvalue weighted by atomic mass is 9.95. The van der Waals surface area contributed by atoms with Crippen molar-refractivity contribution in [3.8, 4) is 0 Å². The molecule has 1 amide bonds. The minimum Gasteiger partial charge on any atom is -0.375 e. The first-order valence-corrected chi connectivity index (χ1v) is 10.5. The molecule has 3 rings (SSSR count). The molecule has 1 heterocycles. The molecule has 150 valence electrons. The van der Waals surface area contributed by atoms with Gasteiger partial charge in [-0.25, -0.2) is 0 Å². The second-order valence-corrected chi connectivity index (χ2v) is 7.95. The number of nitrogens with zero attached hydrogens (tertiary/aromatic N) is 2. The molecule has 2 aromatic rings. The van der Waals surface area contributed by atoms with Gasteiger partial charge in [-0.3, -0.25) is 9.69 Å². The second kappa shape index (κ2) is 10.5. The van der Waals surface area contributed by atoms with Gasteiger partial charge < -0.3 is 10.2 Å². The summed E-state index contributed by atoms with van der Waals surface area (Å²) in [6.45, 7) is 4.41. The molecule has 0 unspecified atom stereocenters. The number of para-hydroxylation sites is 1. The lowest BCUT2D eigenvalue weighted by Gasteiger charge is -2.31. The summed E-state index contributed by atoms with van der Waals surface area (Å²) in [4.78, 5) is 17.1. The van der Waals surface area contributed by atoms with Crippen molar-refractivity contribution in [2.75, 3.05) is 38.1 Å². The molecule has 0 spiro atoms. The lowest BCUT2D eigenvalue weighted by Crippen LogP contribution is -2.40. The number of likely N-dealkylation sites (tertiary alicyclic amines) is 1. The van der Waals surface area contributed by atoms with Gasteiger partial charge in [-0.05, 0) is 56.1 Å². The zero-order valence-corrected chi connectivity index (χ0v) is 17.4. The van der Waals surface area contributed by atoms with Gasteiger partial charge in [0.2, 0.25) is 5.91 Å². The van der Waals surface area contributed by atoms with Crippen molar-refractivity contribution < 1.29 is 4.79 Å². The summed E-state index contributed by atoms with van der Waals surface area (Å²) < 4.78 is 0. The van der Waals surface area contributed by atoms with Crippen molar-refractivity contribution in [2.24, 2.45) is 5.92 Å². The summed E-state index contributed by atoms with van der Waals surface area (Å²) in [7, 11) is 2.09. The van der Waals surface area contributed by atoms with Crippen LogP contribution in [0, 0.1) is 5.92 Å². The Labute approximate surface area is 173 Å². The van der Waals surface area contributed by atoms with Gasteiger partial charge in [-0.15, -0.1) is 0 Å². The Kier molecular flexibility index (Phi) is 7.75. The number of hydrogen-bond acceptors (Lipinski definition) is 3. The third kappa shape index (κ3) is 5.98. The molecule has 0 saturated carbocycles. The van der Waals surface area contributed by atoms with E-state index < -0.39 is 0 Å². The predicted octanol–water partition coefficient (Wildman–Crippen LogP) is 4.19. The summed E-state index contributed by atoms with van der Waals surface area (Å²) in [5, 5.41) is 3.95. The molecule has 5 heteroatoms. The molecule has 1 saturated heterocycles. The van der Waals surface area contributed by atoms with Gasteiger partial charge in [0, 0.05) is 43.3 Å². The number of hydrogen-bond donors (Lipinski definition) is 1. The molecular formula is C23H30ClN3O. The quantitative estimate of drug-likeness (QED) is 0.676. The van der Waals surface area contributed by atoms with Crippen LogP contribution in [0.4, 0.5) is 5.69 Å². The largest absolute Gasteiger partial charge is 0.375 e. The third-order valence-electron chi connectivity index (χ3n) is 5.48. The summed E-state index contributed by atoms with van der Waals surface area (Å²) >= 11 is 6.26. The van der Waals surface area contributed by atoms with E-state index in [0.29, 0.717) is 0 Å². The molecule has 2 aromatic carbocycles. The average molecular weight is 400 g/mol. The van der Waals surface area contributed by atoms with Crippen LogP contribution in [-0.2, 0) is 11.3 Å². The minimum atomic E-state index is 0.134. The zero-order chi connectivity index (χ0) is 19.8. The molecule has 0 radical (unpaired) electrons. The number of nitrogens with one attached hydrogen (secondary N) is 1. The van der Waals surface area contributed by atoms with E-state index >= 15 is 0 Å². The number of amides is 1. The van der Waals surface area contributed by atoms with Crippen LogP contribution in [-0.4, -0.2) is 44.0 Å². The van der Waals surface area contributed by atoms with Gasteiger partial charge in [0.1, 0.15) is 0 Å². The van der Waals surface area contributed by atoms with E-state index in [1.807, 2.05) is 36.4 Å². The summed E-state index contributed by atoms with van der Waals surface area (Å²) in [6.07, 6.45) is 2.78. The number of carbonyl (C=O) groups is 1.